The number of anilines is 1. The van der Waals surface area contributed by atoms with Crippen molar-refractivity contribution >= 4 is 51.0 Å². The molecule has 9 nitrogen and oxygen atoms in total. The van der Waals surface area contributed by atoms with Crippen molar-refractivity contribution in [3.05, 3.63) is 41.4 Å². The maximum absolute atomic E-state index is 12.9. The highest BCUT2D eigenvalue weighted by molar-refractivity contribution is 7.86. The van der Waals surface area contributed by atoms with Crippen molar-refractivity contribution in [2.75, 3.05) is 4.72 Å². The average Bonchev–Trinajstić information content (AvgIpc) is 3.39. The van der Waals surface area contributed by atoms with Gasteiger partial charge in [-0.2, -0.15) is 28.8 Å². The van der Waals surface area contributed by atoms with E-state index in [1.54, 1.807) is 25.3 Å². The fraction of sp³-hybridized carbons (Fsp3) is 0.133. The maximum atomic E-state index is 12.9. The van der Waals surface area contributed by atoms with Crippen LogP contribution in [0.25, 0.3) is 16.6 Å². The molecule has 2 N–H and O–H groups in total. The first-order valence-corrected chi connectivity index (χ1v) is 9.76. The highest BCUT2D eigenvalue weighted by atomic mass is 35.5. The van der Waals surface area contributed by atoms with Gasteiger partial charge in [-0.1, -0.05) is 11.6 Å². The van der Waals surface area contributed by atoms with Crippen LogP contribution in [-0.4, -0.2) is 34.0 Å². The molecule has 4 rings (SSSR count). The highest BCUT2D eigenvalue weighted by Crippen LogP contribution is 2.34. The third kappa shape index (κ3) is 3.43. The zero-order valence-corrected chi connectivity index (χ0v) is 16.8. The fourth-order valence-electron chi connectivity index (χ4n) is 2.72. The molecule has 0 saturated carbocycles. The van der Waals surface area contributed by atoms with E-state index in [0.717, 1.165) is 6.20 Å². The maximum Gasteiger partial charge on any atom is 0.336 e. The number of alkyl halides is 2. The Hall–Kier alpha value is -2.70. The molecule has 0 aliphatic heterocycles. The minimum Gasteiger partial charge on any atom is -0.363 e. The number of aromatic amines is 1. The molecule has 1 unspecified atom stereocenters. The van der Waals surface area contributed by atoms with Crippen LogP contribution in [0.4, 0.5) is 14.5 Å². The Labute approximate surface area is 174 Å². The lowest BCUT2D eigenvalue weighted by Crippen LogP contribution is -2.06. The molecular weight excluding hydrogens is 451 g/mol. The summed E-state index contributed by atoms with van der Waals surface area (Å²) in [4.78, 5) is 4.71. The predicted molar refractivity (Wildman–Crippen MR) is 103 cm³/mol. The van der Waals surface area contributed by atoms with Crippen LogP contribution in [0.2, 0.25) is 5.02 Å². The van der Waals surface area contributed by atoms with E-state index < -0.39 is 23.4 Å². The number of H-pyrrole nitrogens is 1. The summed E-state index contributed by atoms with van der Waals surface area (Å²) < 4.78 is 45.9. The number of aromatic nitrogens is 6. The van der Waals surface area contributed by atoms with E-state index >= 15 is 0 Å². The van der Waals surface area contributed by atoms with Crippen LogP contribution in [0.1, 0.15) is 12.2 Å². The summed E-state index contributed by atoms with van der Waals surface area (Å²) in [7, 11) is -1.87. The molecule has 1 atom stereocenters. The zero-order valence-electron chi connectivity index (χ0n) is 14.4. The van der Waals surface area contributed by atoms with Gasteiger partial charge in [0.1, 0.15) is 23.2 Å². The Balaban J connectivity index is 1.73. The number of nitrogens with one attached hydrogen (secondary N) is 2. The molecule has 152 valence electrons. The zero-order chi connectivity index (χ0) is 20.7. The molecule has 0 amide bonds. The van der Waals surface area contributed by atoms with E-state index in [-0.39, 0.29) is 10.4 Å². The SMILES string of the molecule is Cc1cnn(-c2c(Cl)ccc3c(S(=O)Nc4cnn(C(F)F)c4OCl)c[nH]c23)n1. The summed E-state index contributed by atoms with van der Waals surface area (Å²) in [5.74, 6) is -0.463. The van der Waals surface area contributed by atoms with Crippen LogP contribution >= 0.6 is 23.5 Å². The average molecular weight is 462 g/mol. The van der Waals surface area contributed by atoms with Crippen LogP contribution in [0, 0.1) is 6.92 Å². The van der Waals surface area contributed by atoms with E-state index in [1.165, 1.54) is 11.0 Å². The Morgan fingerprint density at radius 1 is 1.31 bits per heavy atom. The van der Waals surface area contributed by atoms with Gasteiger partial charge in [0.2, 0.25) is 0 Å². The molecule has 3 aromatic heterocycles. The lowest BCUT2D eigenvalue weighted by atomic mass is 10.2. The molecule has 0 spiro atoms. The van der Waals surface area contributed by atoms with Crippen molar-refractivity contribution in [2.24, 2.45) is 0 Å². The summed E-state index contributed by atoms with van der Waals surface area (Å²) >= 11 is 11.6. The van der Waals surface area contributed by atoms with Crippen LogP contribution < -0.4 is 9.01 Å². The summed E-state index contributed by atoms with van der Waals surface area (Å²) in [6, 6.07) is 3.29. The summed E-state index contributed by atoms with van der Waals surface area (Å²) in [6.07, 6.45) is 4.12. The molecule has 14 heteroatoms. The Morgan fingerprint density at radius 2 is 2.10 bits per heavy atom. The minimum atomic E-state index is -2.98. The van der Waals surface area contributed by atoms with E-state index in [4.69, 9.17) is 23.5 Å². The topological polar surface area (TPSA) is 103 Å². The number of rotatable bonds is 6. The molecule has 29 heavy (non-hydrogen) atoms. The lowest BCUT2D eigenvalue weighted by Gasteiger charge is -2.07. The Morgan fingerprint density at radius 3 is 2.76 bits per heavy atom. The quantitative estimate of drug-likeness (QED) is 0.452. The molecule has 0 saturated heterocycles. The Kier molecular flexibility index (Phi) is 5.15. The summed E-state index contributed by atoms with van der Waals surface area (Å²) in [5, 5.41) is 12.8. The first-order valence-electron chi connectivity index (χ1n) is 7.92. The van der Waals surface area contributed by atoms with Crippen LogP contribution in [0.5, 0.6) is 5.88 Å². The van der Waals surface area contributed by atoms with Crippen molar-refractivity contribution in [3.63, 3.8) is 0 Å². The van der Waals surface area contributed by atoms with Crippen molar-refractivity contribution in [2.45, 2.75) is 18.4 Å². The normalized spacial score (nSPS) is 12.6. The van der Waals surface area contributed by atoms with E-state index in [0.29, 0.717) is 32.2 Å². The second-order valence-corrected chi connectivity index (χ2v) is 7.52. The number of hydrogen-bond acceptors (Lipinski definition) is 5. The highest BCUT2D eigenvalue weighted by Gasteiger charge is 2.22. The Bertz CT molecular complexity index is 1220. The van der Waals surface area contributed by atoms with Gasteiger partial charge in [-0.25, -0.2) is 4.21 Å². The standard InChI is InChI=1S/C15H11Cl2F2N7O2S/c1-7-4-22-26(23-7)13-9(16)3-2-8-11(6-20-12(8)13)29(27)24-10-5-21-25(15(18)19)14(10)28-17/h2-6,15,20,24H,1H3. The molecule has 0 radical (unpaired) electrons. The number of nitrogens with zero attached hydrogens (tertiary/aromatic N) is 5. The summed E-state index contributed by atoms with van der Waals surface area (Å²) in [6.45, 7) is -1.19. The van der Waals surface area contributed by atoms with Gasteiger partial charge in [0.05, 0.1) is 33.5 Å². The lowest BCUT2D eigenvalue weighted by molar-refractivity contribution is 0.0515. The first-order chi connectivity index (χ1) is 13.9. The molecule has 0 aliphatic rings. The molecule has 0 fully saturated rings. The molecule has 3 heterocycles. The second-order valence-electron chi connectivity index (χ2n) is 5.78. The number of aryl methyl sites for hydroxylation is 1. The van der Waals surface area contributed by atoms with Crippen LogP contribution in [0.3, 0.4) is 0 Å². The number of hydrogen-bond donors (Lipinski definition) is 2. The third-order valence-corrected chi connectivity index (χ3v) is 5.55. The minimum absolute atomic E-state index is 0.0634. The largest absolute Gasteiger partial charge is 0.363 e. The van der Waals surface area contributed by atoms with Crippen molar-refractivity contribution in [3.8, 4) is 11.6 Å². The van der Waals surface area contributed by atoms with Crippen LogP contribution in [0.15, 0.2) is 35.6 Å². The smallest absolute Gasteiger partial charge is 0.336 e. The fourth-order valence-corrected chi connectivity index (χ4v) is 4.09. The van der Waals surface area contributed by atoms with Gasteiger partial charge < -0.3 is 9.27 Å². The second kappa shape index (κ2) is 7.61. The van der Waals surface area contributed by atoms with E-state index in [2.05, 4.69) is 29.3 Å². The van der Waals surface area contributed by atoms with Crippen molar-refractivity contribution in [1.82, 2.24) is 29.8 Å². The number of benzene rings is 1. The van der Waals surface area contributed by atoms with Gasteiger partial charge in [0, 0.05) is 11.6 Å². The van der Waals surface area contributed by atoms with E-state index in [1.807, 2.05) is 0 Å². The van der Waals surface area contributed by atoms with Gasteiger partial charge >= 0.3 is 6.55 Å². The van der Waals surface area contributed by atoms with Gasteiger partial charge in [0.15, 0.2) is 11.0 Å². The van der Waals surface area contributed by atoms with Gasteiger partial charge in [-0.15, -0.1) is 4.80 Å². The first kappa shape index (κ1) is 19.6. The molecule has 0 aliphatic carbocycles. The molecule has 1 aromatic carbocycles. The van der Waals surface area contributed by atoms with Gasteiger partial charge in [-0.05, 0) is 19.1 Å². The molecule has 4 aromatic rings. The van der Waals surface area contributed by atoms with E-state index in [9.17, 15) is 13.0 Å². The monoisotopic (exact) mass is 461 g/mol. The third-order valence-electron chi connectivity index (χ3n) is 3.96. The van der Waals surface area contributed by atoms with Crippen molar-refractivity contribution < 1.29 is 17.3 Å². The number of fused-ring (bicyclic) bond motifs is 1. The summed E-state index contributed by atoms with van der Waals surface area (Å²) in [5.41, 5.74) is 1.66. The molecule has 0 bridgehead atoms. The predicted octanol–water partition coefficient (Wildman–Crippen LogP) is 3.97. The van der Waals surface area contributed by atoms with Crippen molar-refractivity contribution in [1.29, 1.82) is 0 Å². The number of halogens is 4. The van der Waals surface area contributed by atoms with Gasteiger partial charge in [-0.3, -0.25) is 4.72 Å². The molecular formula is C15H11Cl2F2N7O2S. The van der Waals surface area contributed by atoms with Crippen LogP contribution in [-0.2, 0) is 11.0 Å². The van der Waals surface area contributed by atoms with Gasteiger partial charge in [0.25, 0.3) is 5.88 Å².